The van der Waals surface area contributed by atoms with Crippen LogP contribution in [0.3, 0.4) is 0 Å². The van der Waals surface area contributed by atoms with E-state index in [9.17, 15) is 0 Å². The highest BCUT2D eigenvalue weighted by molar-refractivity contribution is 6.12. The highest BCUT2D eigenvalue weighted by Gasteiger charge is 2.19. The molecule has 9 aromatic rings. The van der Waals surface area contributed by atoms with Crippen molar-refractivity contribution in [2.24, 2.45) is 7.05 Å². The lowest BCUT2D eigenvalue weighted by molar-refractivity contribution is 0.960. The number of para-hydroxylation sites is 3. The van der Waals surface area contributed by atoms with E-state index in [-0.39, 0.29) is 0 Å². The fourth-order valence-corrected chi connectivity index (χ4v) is 6.81. The van der Waals surface area contributed by atoms with Gasteiger partial charge in [-0.15, -0.1) is 0 Å². The fourth-order valence-electron chi connectivity index (χ4n) is 6.81. The summed E-state index contributed by atoms with van der Waals surface area (Å²) in [5, 5.41) is 4.79. The van der Waals surface area contributed by atoms with Crippen molar-refractivity contribution in [3.63, 3.8) is 0 Å². The molecular weight excluding hydrogens is 548 g/mol. The molecule has 0 spiro atoms. The number of nitrogens with one attached hydrogen (secondary N) is 1. The van der Waals surface area contributed by atoms with Crippen molar-refractivity contribution in [3.8, 4) is 44.9 Å². The van der Waals surface area contributed by atoms with Crippen LogP contribution in [0.4, 0.5) is 0 Å². The van der Waals surface area contributed by atoms with Crippen LogP contribution in [-0.2, 0) is 7.05 Å². The molecule has 45 heavy (non-hydrogen) atoms. The van der Waals surface area contributed by atoms with Gasteiger partial charge in [-0.05, 0) is 69.9 Å². The van der Waals surface area contributed by atoms with Crippen molar-refractivity contribution in [2.75, 3.05) is 0 Å². The Morgan fingerprint density at radius 2 is 1.31 bits per heavy atom. The smallest absolute Gasteiger partial charge is 0.143 e. The molecule has 0 aliphatic heterocycles. The number of hydrogen-bond donors (Lipinski definition) is 1. The Morgan fingerprint density at radius 3 is 2.22 bits per heavy atom. The first-order valence-electron chi connectivity index (χ1n) is 15.2. The molecule has 0 fully saturated rings. The summed E-state index contributed by atoms with van der Waals surface area (Å²) in [5.41, 5.74) is 12.0. The van der Waals surface area contributed by atoms with Gasteiger partial charge in [0.25, 0.3) is 0 Å². The number of fused-ring (bicyclic) bond motifs is 5. The van der Waals surface area contributed by atoms with Gasteiger partial charge in [-0.3, -0.25) is 4.98 Å². The van der Waals surface area contributed by atoms with Gasteiger partial charge in [0.2, 0.25) is 0 Å². The summed E-state index contributed by atoms with van der Waals surface area (Å²) in [4.78, 5) is 13.9. The third-order valence-electron chi connectivity index (χ3n) is 9.01. The molecular formula is C41H28N4. The Kier molecular flexibility index (Phi) is 5.69. The number of H-pyrrole nitrogens is 1. The maximum Gasteiger partial charge on any atom is 0.143 e. The zero-order valence-corrected chi connectivity index (χ0v) is 24.7. The zero-order valence-electron chi connectivity index (χ0n) is 24.7. The third-order valence-corrected chi connectivity index (χ3v) is 9.01. The predicted molar refractivity (Wildman–Crippen MR) is 187 cm³/mol. The molecule has 0 atom stereocenters. The SMILES string of the molecule is Cn1c(-c2cccc3c2[nH]c2ccccc23)nc2c(-c3cc(-c4cc(-c5ccccc5)ccn4)c4ccccc4c3)cccc21. The summed E-state index contributed by atoms with van der Waals surface area (Å²) in [5.74, 6) is 0.938. The minimum absolute atomic E-state index is 0.938. The van der Waals surface area contributed by atoms with Crippen LogP contribution >= 0.6 is 0 Å². The summed E-state index contributed by atoms with van der Waals surface area (Å²) in [7, 11) is 2.11. The average Bonchev–Trinajstić information content (AvgIpc) is 3.66. The Bertz CT molecular complexity index is 2550. The number of nitrogens with zero attached hydrogens (tertiary/aromatic N) is 3. The van der Waals surface area contributed by atoms with Gasteiger partial charge in [-0.25, -0.2) is 4.98 Å². The topological polar surface area (TPSA) is 46.5 Å². The Labute approximate surface area is 260 Å². The van der Waals surface area contributed by atoms with Crippen LogP contribution < -0.4 is 0 Å². The first-order chi connectivity index (χ1) is 22.2. The first kappa shape index (κ1) is 25.5. The summed E-state index contributed by atoms with van der Waals surface area (Å²) in [6.07, 6.45) is 1.91. The van der Waals surface area contributed by atoms with E-state index in [4.69, 9.17) is 9.97 Å². The van der Waals surface area contributed by atoms with Crippen molar-refractivity contribution in [1.29, 1.82) is 0 Å². The highest BCUT2D eigenvalue weighted by Crippen LogP contribution is 2.39. The van der Waals surface area contributed by atoms with Crippen LogP contribution in [0.25, 0.3) is 88.5 Å². The number of pyridine rings is 1. The quantitative estimate of drug-likeness (QED) is 0.227. The number of benzene rings is 6. The minimum atomic E-state index is 0.938. The van der Waals surface area contributed by atoms with Gasteiger partial charge in [0.05, 0.1) is 22.2 Å². The van der Waals surface area contributed by atoms with E-state index in [1.807, 2.05) is 12.3 Å². The average molecular weight is 577 g/mol. The minimum Gasteiger partial charge on any atom is -0.354 e. The number of aryl methyl sites for hydroxylation is 1. The molecule has 0 amide bonds. The van der Waals surface area contributed by atoms with Crippen LogP contribution in [0.5, 0.6) is 0 Å². The molecule has 3 aromatic heterocycles. The van der Waals surface area contributed by atoms with Gasteiger partial charge in [-0.2, -0.15) is 0 Å². The lowest BCUT2D eigenvalue weighted by Crippen LogP contribution is -1.93. The van der Waals surface area contributed by atoms with Gasteiger partial charge in [0.1, 0.15) is 5.82 Å². The van der Waals surface area contributed by atoms with E-state index in [2.05, 4.69) is 150 Å². The van der Waals surface area contributed by atoms with E-state index in [1.54, 1.807) is 0 Å². The lowest BCUT2D eigenvalue weighted by atomic mass is 9.93. The van der Waals surface area contributed by atoms with Crippen molar-refractivity contribution < 1.29 is 0 Å². The molecule has 0 radical (unpaired) electrons. The monoisotopic (exact) mass is 576 g/mol. The molecule has 0 bridgehead atoms. The maximum atomic E-state index is 5.34. The maximum absolute atomic E-state index is 5.34. The standard InChI is InChI=1S/C41H28N4/c1-45-38-20-10-16-31(40(38)44-41(45)34-18-9-17-33-32-15-7-8-19-36(32)43-39(33)34)29-23-28-13-5-6-14-30(28)35(24-29)37-25-27(21-22-42-37)26-11-3-2-4-12-26/h2-25,43H,1H3. The molecule has 4 nitrogen and oxygen atoms in total. The second-order valence-corrected chi connectivity index (χ2v) is 11.6. The fraction of sp³-hybridized carbons (Fsp3) is 0.0244. The second-order valence-electron chi connectivity index (χ2n) is 11.6. The van der Waals surface area contributed by atoms with Crippen LogP contribution in [0.15, 0.2) is 146 Å². The summed E-state index contributed by atoms with van der Waals surface area (Å²) >= 11 is 0. The van der Waals surface area contributed by atoms with Crippen LogP contribution in [0, 0.1) is 0 Å². The highest BCUT2D eigenvalue weighted by atomic mass is 15.1. The van der Waals surface area contributed by atoms with Gasteiger partial charge in [0.15, 0.2) is 0 Å². The summed E-state index contributed by atoms with van der Waals surface area (Å²) in [6, 6.07) is 49.3. The molecule has 0 aliphatic rings. The van der Waals surface area contributed by atoms with E-state index < -0.39 is 0 Å². The number of hydrogen-bond acceptors (Lipinski definition) is 2. The Hall–Kier alpha value is -6.00. The molecule has 9 rings (SSSR count). The van der Waals surface area contributed by atoms with Gasteiger partial charge in [-0.1, -0.05) is 97.1 Å². The van der Waals surface area contributed by atoms with Crippen molar-refractivity contribution >= 4 is 43.6 Å². The summed E-state index contributed by atoms with van der Waals surface area (Å²) in [6.45, 7) is 0. The normalized spacial score (nSPS) is 11.7. The van der Waals surface area contributed by atoms with E-state index in [0.717, 1.165) is 61.4 Å². The van der Waals surface area contributed by atoms with Crippen LogP contribution in [0.1, 0.15) is 0 Å². The largest absolute Gasteiger partial charge is 0.354 e. The third kappa shape index (κ3) is 4.07. The Morgan fingerprint density at radius 1 is 0.556 bits per heavy atom. The van der Waals surface area contributed by atoms with E-state index >= 15 is 0 Å². The van der Waals surface area contributed by atoms with E-state index in [0.29, 0.717) is 0 Å². The number of aromatic nitrogens is 4. The number of imidazole rings is 1. The summed E-state index contributed by atoms with van der Waals surface area (Å²) < 4.78 is 2.21. The Balaban J connectivity index is 1.25. The molecule has 212 valence electrons. The molecule has 0 aliphatic carbocycles. The predicted octanol–water partition coefficient (Wildman–Crippen LogP) is 10.4. The molecule has 0 saturated heterocycles. The zero-order chi connectivity index (χ0) is 29.9. The van der Waals surface area contributed by atoms with Crippen LogP contribution in [-0.4, -0.2) is 19.5 Å². The van der Waals surface area contributed by atoms with Crippen molar-refractivity contribution in [1.82, 2.24) is 19.5 Å². The van der Waals surface area contributed by atoms with Gasteiger partial charge >= 0.3 is 0 Å². The molecule has 1 N–H and O–H groups in total. The van der Waals surface area contributed by atoms with Crippen molar-refractivity contribution in [3.05, 3.63) is 146 Å². The van der Waals surface area contributed by atoms with Gasteiger partial charge < -0.3 is 9.55 Å². The molecule has 0 unspecified atom stereocenters. The van der Waals surface area contributed by atoms with E-state index in [1.165, 1.54) is 27.1 Å². The van der Waals surface area contributed by atoms with Crippen LogP contribution in [0.2, 0.25) is 0 Å². The lowest BCUT2D eigenvalue weighted by Gasteiger charge is -2.12. The molecule has 3 heterocycles. The first-order valence-corrected chi connectivity index (χ1v) is 15.2. The molecule has 6 aromatic carbocycles. The number of aromatic amines is 1. The second kappa shape index (κ2) is 10.0. The molecule has 0 saturated carbocycles. The van der Waals surface area contributed by atoms with Gasteiger partial charge in [0, 0.05) is 46.2 Å². The molecule has 4 heteroatoms. The number of rotatable bonds is 4. The van der Waals surface area contributed by atoms with Crippen molar-refractivity contribution in [2.45, 2.75) is 0 Å².